The van der Waals surface area contributed by atoms with Crippen LogP contribution in [0.5, 0.6) is 0 Å². The van der Waals surface area contributed by atoms with Crippen molar-refractivity contribution >= 4 is 23.3 Å². The number of carboxylic acid groups (broad SMARTS) is 1. The second-order valence-corrected chi connectivity index (χ2v) is 4.34. The largest absolute Gasteiger partial charge is 0.478 e. The van der Waals surface area contributed by atoms with Crippen molar-refractivity contribution in [2.75, 3.05) is 5.32 Å². The van der Waals surface area contributed by atoms with E-state index in [1.165, 1.54) is 0 Å². The van der Waals surface area contributed by atoms with Crippen LogP contribution >= 0.6 is 11.6 Å². The summed E-state index contributed by atoms with van der Waals surface area (Å²) >= 11 is 5.83. The fraction of sp³-hybridized carbons (Fsp3) is 0.364. The molecule has 5 heteroatoms. The maximum Gasteiger partial charge on any atom is 0.339 e. The predicted octanol–water partition coefficient (Wildman–Crippen LogP) is 1.97. The first-order valence-electron chi connectivity index (χ1n) is 5.04. The van der Waals surface area contributed by atoms with E-state index in [2.05, 4.69) is 5.32 Å². The van der Waals surface area contributed by atoms with Crippen molar-refractivity contribution in [3.05, 3.63) is 28.8 Å². The molecule has 1 aliphatic carbocycles. The molecule has 0 aliphatic heterocycles. The maximum absolute atomic E-state index is 11.0. The summed E-state index contributed by atoms with van der Waals surface area (Å²) in [4.78, 5) is 11.0. The first kappa shape index (κ1) is 11.2. The molecule has 1 fully saturated rings. The maximum atomic E-state index is 11.0. The molecule has 0 saturated heterocycles. The highest BCUT2D eigenvalue weighted by Gasteiger charge is 2.28. The van der Waals surface area contributed by atoms with Crippen molar-refractivity contribution in [3.63, 3.8) is 0 Å². The molecule has 0 heterocycles. The van der Waals surface area contributed by atoms with E-state index in [1.807, 2.05) is 0 Å². The number of hydrogen-bond acceptors (Lipinski definition) is 3. The van der Waals surface area contributed by atoms with Crippen molar-refractivity contribution in [1.82, 2.24) is 0 Å². The Labute approximate surface area is 97.9 Å². The van der Waals surface area contributed by atoms with Gasteiger partial charge >= 0.3 is 5.97 Å². The number of halogens is 1. The highest BCUT2D eigenvalue weighted by Crippen LogP contribution is 2.29. The van der Waals surface area contributed by atoms with E-state index in [0.717, 1.165) is 0 Å². The van der Waals surface area contributed by atoms with Crippen LogP contribution in [0.3, 0.4) is 0 Å². The van der Waals surface area contributed by atoms with Crippen molar-refractivity contribution in [1.29, 1.82) is 0 Å². The van der Waals surface area contributed by atoms with Gasteiger partial charge in [0.05, 0.1) is 16.8 Å². The topological polar surface area (TPSA) is 69.6 Å². The molecule has 3 N–H and O–H groups in total. The lowest BCUT2D eigenvalue weighted by Crippen LogP contribution is -2.39. The number of aromatic carboxylic acids is 1. The quantitative estimate of drug-likeness (QED) is 0.757. The average molecular weight is 242 g/mol. The van der Waals surface area contributed by atoms with E-state index in [4.69, 9.17) is 21.8 Å². The molecule has 0 amide bonds. The van der Waals surface area contributed by atoms with Crippen molar-refractivity contribution in [2.24, 2.45) is 0 Å². The van der Waals surface area contributed by atoms with E-state index in [1.54, 1.807) is 18.2 Å². The van der Waals surface area contributed by atoms with Crippen LogP contribution in [-0.4, -0.2) is 28.3 Å². The smallest absolute Gasteiger partial charge is 0.339 e. The number of hydrogen-bond donors (Lipinski definition) is 3. The lowest BCUT2D eigenvalue weighted by atomic mass is 9.89. The van der Waals surface area contributed by atoms with E-state index >= 15 is 0 Å². The Morgan fingerprint density at radius 2 is 2.12 bits per heavy atom. The molecule has 2 rings (SSSR count). The summed E-state index contributed by atoms with van der Waals surface area (Å²) in [7, 11) is 0. The molecule has 0 radical (unpaired) electrons. The molecular formula is C11H12ClNO3. The van der Waals surface area contributed by atoms with Crippen LogP contribution < -0.4 is 5.32 Å². The summed E-state index contributed by atoms with van der Waals surface area (Å²) < 4.78 is 0. The van der Waals surface area contributed by atoms with Crippen LogP contribution in [0.2, 0.25) is 5.02 Å². The molecule has 1 aromatic carbocycles. The summed E-state index contributed by atoms with van der Waals surface area (Å²) in [5.41, 5.74) is 0.599. The zero-order chi connectivity index (χ0) is 11.7. The molecule has 1 aliphatic rings. The Bertz CT molecular complexity index is 416. The number of carboxylic acids is 1. The second kappa shape index (κ2) is 4.31. The molecule has 0 atom stereocenters. The van der Waals surface area contributed by atoms with E-state index in [9.17, 15) is 4.79 Å². The summed E-state index contributed by atoms with van der Waals surface area (Å²) in [5.74, 6) is -1.05. The van der Waals surface area contributed by atoms with Crippen LogP contribution in [0.4, 0.5) is 5.69 Å². The minimum atomic E-state index is -1.05. The minimum Gasteiger partial charge on any atom is -0.478 e. The number of aliphatic hydroxyl groups is 1. The zero-order valence-corrected chi connectivity index (χ0v) is 9.24. The molecule has 1 saturated carbocycles. The summed E-state index contributed by atoms with van der Waals surface area (Å²) in [6.45, 7) is 0. The van der Waals surface area contributed by atoms with E-state index in [-0.39, 0.29) is 22.7 Å². The third-order valence-corrected chi connectivity index (χ3v) is 3.02. The van der Waals surface area contributed by atoms with Crippen LogP contribution in [0.15, 0.2) is 18.2 Å². The number of benzene rings is 1. The van der Waals surface area contributed by atoms with Crippen molar-refractivity contribution in [2.45, 2.75) is 25.0 Å². The molecule has 0 spiro atoms. The first-order chi connectivity index (χ1) is 7.58. The molecule has 86 valence electrons. The van der Waals surface area contributed by atoms with Crippen LogP contribution in [0.1, 0.15) is 23.2 Å². The zero-order valence-electron chi connectivity index (χ0n) is 8.48. The molecule has 4 nitrogen and oxygen atoms in total. The monoisotopic (exact) mass is 241 g/mol. The van der Waals surface area contributed by atoms with Gasteiger partial charge in [-0.15, -0.1) is 0 Å². The number of carbonyl (C=O) groups is 1. The van der Waals surface area contributed by atoms with Gasteiger partial charge in [0.1, 0.15) is 5.56 Å². The minimum absolute atomic E-state index is 0.0885. The van der Waals surface area contributed by atoms with Crippen molar-refractivity contribution in [3.8, 4) is 0 Å². The predicted molar refractivity (Wildman–Crippen MR) is 61.1 cm³/mol. The number of aliphatic hydroxyl groups excluding tert-OH is 1. The standard InChI is InChI=1S/C11H12ClNO3/c12-8-2-1-3-9(10(8)11(15)16)13-6-4-7(14)5-6/h1-3,6-7,13-14H,4-5H2,(H,15,16). The van der Waals surface area contributed by atoms with Gasteiger partial charge in [-0.3, -0.25) is 0 Å². The Hall–Kier alpha value is -1.26. The number of nitrogens with one attached hydrogen (secondary N) is 1. The Balaban J connectivity index is 2.19. The average Bonchev–Trinajstić information content (AvgIpc) is 2.14. The lowest BCUT2D eigenvalue weighted by molar-refractivity contribution is 0.0697. The van der Waals surface area contributed by atoms with Gasteiger partial charge in [0.25, 0.3) is 0 Å². The molecule has 0 unspecified atom stereocenters. The third kappa shape index (κ3) is 2.13. The van der Waals surface area contributed by atoms with E-state index in [0.29, 0.717) is 18.5 Å². The SMILES string of the molecule is O=C(O)c1c(Cl)cccc1NC1CC(O)C1. The molecule has 0 aromatic heterocycles. The van der Waals surface area contributed by atoms with Gasteiger partial charge in [-0.25, -0.2) is 4.79 Å². The first-order valence-corrected chi connectivity index (χ1v) is 5.42. The summed E-state index contributed by atoms with van der Waals surface area (Å²) in [6, 6.07) is 5.06. The molecule has 16 heavy (non-hydrogen) atoms. The van der Waals surface area contributed by atoms with Crippen molar-refractivity contribution < 1.29 is 15.0 Å². The normalized spacial score (nSPS) is 23.6. The van der Waals surface area contributed by atoms with Gasteiger partial charge in [-0.05, 0) is 25.0 Å². The van der Waals surface area contributed by atoms with Crippen LogP contribution in [-0.2, 0) is 0 Å². The Kier molecular flexibility index (Phi) is 3.03. The van der Waals surface area contributed by atoms with Crippen LogP contribution in [0, 0.1) is 0 Å². The van der Waals surface area contributed by atoms with E-state index < -0.39 is 5.97 Å². The summed E-state index contributed by atoms with van der Waals surface area (Å²) in [6.07, 6.45) is 1.02. The van der Waals surface area contributed by atoms with Gasteiger partial charge in [0.2, 0.25) is 0 Å². The molecule has 1 aromatic rings. The third-order valence-electron chi connectivity index (χ3n) is 2.70. The van der Waals surface area contributed by atoms with Gasteiger partial charge in [0, 0.05) is 6.04 Å². The lowest BCUT2D eigenvalue weighted by Gasteiger charge is -2.33. The van der Waals surface area contributed by atoms with Gasteiger partial charge in [-0.1, -0.05) is 17.7 Å². The molecular weight excluding hydrogens is 230 g/mol. The number of anilines is 1. The van der Waals surface area contributed by atoms with Gasteiger partial charge in [-0.2, -0.15) is 0 Å². The fourth-order valence-electron chi connectivity index (χ4n) is 1.79. The van der Waals surface area contributed by atoms with Gasteiger partial charge < -0.3 is 15.5 Å². The highest BCUT2D eigenvalue weighted by atomic mass is 35.5. The Morgan fingerprint density at radius 3 is 2.69 bits per heavy atom. The van der Waals surface area contributed by atoms with Crippen LogP contribution in [0.25, 0.3) is 0 Å². The van der Waals surface area contributed by atoms with Gasteiger partial charge in [0.15, 0.2) is 0 Å². The fourth-order valence-corrected chi connectivity index (χ4v) is 2.04. The summed E-state index contributed by atoms with van der Waals surface area (Å²) in [5, 5.41) is 21.5. The second-order valence-electron chi connectivity index (χ2n) is 3.93. The Morgan fingerprint density at radius 1 is 1.44 bits per heavy atom. The molecule has 0 bridgehead atoms. The highest BCUT2D eigenvalue weighted by molar-refractivity contribution is 6.34. The number of rotatable bonds is 3.